The summed E-state index contributed by atoms with van der Waals surface area (Å²) >= 11 is 0. The monoisotopic (exact) mass is 489 g/mol. The van der Waals surface area contributed by atoms with E-state index in [1.807, 2.05) is 25.1 Å². The number of aryl methyl sites for hydroxylation is 1. The van der Waals surface area contributed by atoms with Gasteiger partial charge in [-0.2, -0.15) is 0 Å². The second kappa shape index (κ2) is 9.82. The molecule has 0 bridgehead atoms. The van der Waals surface area contributed by atoms with Gasteiger partial charge in [-0.1, -0.05) is 6.07 Å². The molecule has 0 saturated carbocycles. The number of amides is 1. The van der Waals surface area contributed by atoms with Gasteiger partial charge in [0.1, 0.15) is 11.9 Å². The Balaban J connectivity index is 1.46. The fourth-order valence-electron chi connectivity index (χ4n) is 4.32. The predicted molar refractivity (Wildman–Crippen MR) is 138 cm³/mol. The molecule has 1 fully saturated rings. The van der Waals surface area contributed by atoms with Crippen molar-refractivity contribution in [2.45, 2.75) is 6.92 Å². The van der Waals surface area contributed by atoms with Crippen LogP contribution in [0.2, 0.25) is 0 Å². The van der Waals surface area contributed by atoms with Crippen LogP contribution in [0.5, 0.6) is 11.6 Å². The van der Waals surface area contributed by atoms with Gasteiger partial charge in [0, 0.05) is 61.2 Å². The lowest BCUT2D eigenvalue weighted by molar-refractivity contribution is 0.0960. The number of carbonyl (C=O) groups is 1. The Hall–Kier alpha value is -4.18. The van der Waals surface area contributed by atoms with E-state index in [0.29, 0.717) is 10.9 Å². The second-order valence-corrected chi connectivity index (χ2v) is 8.84. The second-order valence-electron chi connectivity index (χ2n) is 8.84. The molecule has 3 N–H and O–H groups in total. The van der Waals surface area contributed by atoms with Gasteiger partial charge < -0.3 is 30.2 Å². The van der Waals surface area contributed by atoms with Crippen molar-refractivity contribution < 1.29 is 13.9 Å². The Morgan fingerprint density at radius 1 is 1.11 bits per heavy atom. The van der Waals surface area contributed by atoms with Gasteiger partial charge in [-0.15, -0.1) is 0 Å². The largest absolute Gasteiger partial charge is 0.435 e. The minimum Gasteiger partial charge on any atom is -0.435 e. The van der Waals surface area contributed by atoms with Crippen molar-refractivity contribution in [3.05, 3.63) is 65.9 Å². The maximum atomic E-state index is 15.2. The molecule has 36 heavy (non-hydrogen) atoms. The van der Waals surface area contributed by atoms with E-state index >= 15 is 4.39 Å². The van der Waals surface area contributed by atoms with Crippen molar-refractivity contribution in [1.82, 2.24) is 25.2 Å². The van der Waals surface area contributed by atoms with Crippen molar-refractivity contribution >= 4 is 34.0 Å². The standard InChI is InChI=1S/C26H28FN7O2/c1-16-13-19-20(31-16)7-8-21(23(19)27)36-26-22(25(35)28-2)24(29-15-30-26)32-17-5-4-6-18(14-17)34-11-9-33(3)10-12-34/h4-8,13-15,31H,9-12H2,1-3H3,(H,28,35)(H,29,30,32). The lowest BCUT2D eigenvalue weighted by Crippen LogP contribution is -2.44. The van der Waals surface area contributed by atoms with Gasteiger partial charge in [0.2, 0.25) is 5.88 Å². The molecule has 5 rings (SSSR count). The van der Waals surface area contributed by atoms with Gasteiger partial charge >= 0.3 is 0 Å². The van der Waals surface area contributed by atoms with Gasteiger partial charge in [-0.25, -0.2) is 14.4 Å². The molecule has 2 aromatic heterocycles. The minimum atomic E-state index is -0.535. The summed E-state index contributed by atoms with van der Waals surface area (Å²) < 4.78 is 21.0. The summed E-state index contributed by atoms with van der Waals surface area (Å²) in [6, 6.07) is 12.9. The van der Waals surface area contributed by atoms with Crippen LogP contribution in [0, 0.1) is 12.7 Å². The Kier molecular flexibility index (Phi) is 6.43. The first kappa shape index (κ1) is 23.6. The van der Waals surface area contributed by atoms with Gasteiger partial charge in [0.15, 0.2) is 17.4 Å². The van der Waals surface area contributed by atoms with E-state index in [1.54, 1.807) is 12.1 Å². The van der Waals surface area contributed by atoms with Crippen molar-refractivity contribution in [3.63, 3.8) is 0 Å². The zero-order chi connectivity index (χ0) is 25.2. The van der Waals surface area contributed by atoms with Crippen molar-refractivity contribution in [3.8, 4) is 11.6 Å². The number of fused-ring (bicyclic) bond motifs is 1. The number of rotatable bonds is 6. The topological polar surface area (TPSA) is 98.4 Å². The van der Waals surface area contributed by atoms with Crippen molar-refractivity contribution in [2.75, 3.05) is 50.5 Å². The first-order chi connectivity index (χ1) is 17.4. The predicted octanol–water partition coefficient (Wildman–Crippen LogP) is 4.05. The van der Waals surface area contributed by atoms with E-state index in [4.69, 9.17) is 4.74 Å². The molecule has 3 heterocycles. The van der Waals surface area contributed by atoms with Crippen LogP contribution in [0.25, 0.3) is 10.9 Å². The van der Waals surface area contributed by atoms with E-state index in [1.165, 1.54) is 19.4 Å². The third kappa shape index (κ3) is 4.67. The number of piperazine rings is 1. The number of H-pyrrole nitrogens is 1. The highest BCUT2D eigenvalue weighted by molar-refractivity contribution is 6.01. The van der Waals surface area contributed by atoms with E-state index in [2.05, 4.69) is 48.5 Å². The molecule has 1 aliphatic rings. The Morgan fingerprint density at radius 3 is 2.69 bits per heavy atom. The van der Waals surface area contributed by atoms with Crippen LogP contribution in [0.3, 0.4) is 0 Å². The molecule has 1 aliphatic heterocycles. The van der Waals surface area contributed by atoms with Crippen LogP contribution in [0.4, 0.5) is 21.6 Å². The molecule has 2 aromatic carbocycles. The van der Waals surface area contributed by atoms with Crippen LogP contribution in [0.15, 0.2) is 48.8 Å². The molecule has 10 heteroatoms. The Bertz CT molecular complexity index is 1410. The lowest BCUT2D eigenvalue weighted by atomic mass is 10.2. The highest BCUT2D eigenvalue weighted by Crippen LogP contribution is 2.33. The Labute approximate surface area is 208 Å². The van der Waals surface area contributed by atoms with Crippen molar-refractivity contribution in [2.24, 2.45) is 0 Å². The normalized spacial score (nSPS) is 14.2. The number of nitrogens with one attached hydrogen (secondary N) is 3. The number of aromatic nitrogens is 3. The summed E-state index contributed by atoms with van der Waals surface area (Å²) in [5.74, 6) is -0.815. The molecule has 0 atom stereocenters. The minimum absolute atomic E-state index is 0.0339. The summed E-state index contributed by atoms with van der Waals surface area (Å²) in [6.07, 6.45) is 1.28. The van der Waals surface area contributed by atoms with E-state index in [0.717, 1.165) is 43.2 Å². The number of halogens is 1. The van der Waals surface area contributed by atoms with E-state index in [-0.39, 0.29) is 23.0 Å². The zero-order valence-corrected chi connectivity index (χ0v) is 20.4. The molecule has 4 aromatic rings. The highest BCUT2D eigenvalue weighted by atomic mass is 19.1. The van der Waals surface area contributed by atoms with Gasteiger partial charge in [0.25, 0.3) is 5.91 Å². The third-order valence-corrected chi connectivity index (χ3v) is 6.29. The van der Waals surface area contributed by atoms with Crippen LogP contribution in [-0.2, 0) is 0 Å². The molecular formula is C26H28FN7O2. The number of hydrogen-bond acceptors (Lipinski definition) is 7. The number of ether oxygens (including phenoxy) is 1. The number of anilines is 3. The molecule has 9 nitrogen and oxygen atoms in total. The number of nitrogens with zero attached hydrogens (tertiary/aromatic N) is 4. The summed E-state index contributed by atoms with van der Waals surface area (Å²) in [7, 11) is 3.62. The fourth-order valence-corrected chi connectivity index (χ4v) is 4.32. The summed E-state index contributed by atoms with van der Waals surface area (Å²) in [5, 5.41) is 6.22. The number of benzene rings is 2. The fraction of sp³-hybridized carbons (Fsp3) is 0.269. The number of hydrogen-bond donors (Lipinski definition) is 3. The maximum absolute atomic E-state index is 15.2. The molecule has 0 aliphatic carbocycles. The van der Waals surface area contributed by atoms with Crippen molar-refractivity contribution in [1.29, 1.82) is 0 Å². The zero-order valence-electron chi connectivity index (χ0n) is 20.4. The maximum Gasteiger partial charge on any atom is 0.260 e. The first-order valence-electron chi connectivity index (χ1n) is 11.8. The Morgan fingerprint density at radius 2 is 1.92 bits per heavy atom. The first-order valence-corrected chi connectivity index (χ1v) is 11.8. The number of likely N-dealkylation sites (N-methyl/N-ethyl adjacent to an activating group) is 1. The van der Waals surface area contributed by atoms with Crippen LogP contribution < -0.4 is 20.3 Å². The SMILES string of the molecule is CNC(=O)c1c(Nc2cccc(N3CCN(C)CC3)c2)ncnc1Oc1ccc2[nH]c(C)cc2c1F. The number of aromatic amines is 1. The van der Waals surface area contributed by atoms with Gasteiger partial charge in [-0.05, 0) is 50.4 Å². The summed E-state index contributed by atoms with van der Waals surface area (Å²) in [5.41, 5.74) is 3.41. The molecule has 0 unspecified atom stereocenters. The average molecular weight is 490 g/mol. The van der Waals surface area contributed by atoms with E-state index < -0.39 is 11.7 Å². The molecule has 0 spiro atoms. The van der Waals surface area contributed by atoms with Crippen LogP contribution >= 0.6 is 0 Å². The molecular weight excluding hydrogens is 461 g/mol. The molecule has 1 saturated heterocycles. The molecule has 186 valence electrons. The molecule has 0 radical (unpaired) electrons. The smallest absolute Gasteiger partial charge is 0.260 e. The van der Waals surface area contributed by atoms with Gasteiger partial charge in [0.05, 0.1) is 0 Å². The number of carbonyl (C=O) groups excluding carboxylic acids is 1. The highest BCUT2D eigenvalue weighted by Gasteiger charge is 2.23. The molecule has 1 amide bonds. The summed E-state index contributed by atoms with van der Waals surface area (Å²) in [4.78, 5) is 29.0. The third-order valence-electron chi connectivity index (χ3n) is 6.29. The summed E-state index contributed by atoms with van der Waals surface area (Å²) in [6.45, 7) is 5.72. The quantitative estimate of drug-likeness (QED) is 0.376. The van der Waals surface area contributed by atoms with Crippen LogP contribution in [0.1, 0.15) is 16.1 Å². The van der Waals surface area contributed by atoms with Crippen LogP contribution in [-0.4, -0.2) is 66.0 Å². The lowest BCUT2D eigenvalue weighted by Gasteiger charge is -2.34. The van der Waals surface area contributed by atoms with Gasteiger partial charge in [-0.3, -0.25) is 4.79 Å². The van der Waals surface area contributed by atoms with E-state index in [9.17, 15) is 4.79 Å². The average Bonchev–Trinajstić information content (AvgIpc) is 3.27.